The van der Waals surface area contributed by atoms with Crippen molar-refractivity contribution in [1.29, 1.82) is 0 Å². The summed E-state index contributed by atoms with van der Waals surface area (Å²) in [6.07, 6.45) is 11.5. The van der Waals surface area contributed by atoms with E-state index in [2.05, 4.69) is 10.1 Å². The summed E-state index contributed by atoms with van der Waals surface area (Å²) < 4.78 is 2.03. The molecule has 0 spiro atoms. The molecule has 1 fully saturated rings. The first-order valence-electron chi connectivity index (χ1n) is 4.54. The van der Waals surface area contributed by atoms with Crippen LogP contribution in [-0.2, 0) is 5.54 Å². The first-order valence-corrected chi connectivity index (χ1v) is 4.54. The van der Waals surface area contributed by atoms with Crippen LogP contribution in [0.25, 0.3) is 0 Å². The van der Waals surface area contributed by atoms with Crippen LogP contribution in [0.5, 0.6) is 0 Å². The molecule has 4 heteroatoms. The Morgan fingerprint density at radius 2 is 2.23 bits per heavy atom. The van der Waals surface area contributed by atoms with Crippen LogP contribution in [0.3, 0.4) is 0 Å². The molecule has 1 saturated carbocycles. The highest BCUT2D eigenvalue weighted by atomic mass is 16.4. The number of oxime groups is 1. The van der Waals surface area contributed by atoms with Gasteiger partial charge in [-0.1, -0.05) is 18.0 Å². The van der Waals surface area contributed by atoms with E-state index in [1.165, 1.54) is 12.8 Å². The lowest BCUT2D eigenvalue weighted by atomic mass is 9.99. The maximum absolute atomic E-state index is 8.63. The van der Waals surface area contributed by atoms with E-state index in [9.17, 15) is 0 Å². The van der Waals surface area contributed by atoms with Gasteiger partial charge in [0.05, 0.1) is 18.1 Å². The Balaban J connectivity index is 2.33. The maximum atomic E-state index is 8.63. The predicted octanol–water partition coefficient (Wildman–Crippen LogP) is 1.61. The zero-order chi connectivity index (χ0) is 9.15. The summed E-state index contributed by atoms with van der Waals surface area (Å²) in [5, 5.41) is 11.8. The van der Waals surface area contributed by atoms with Gasteiger partial charge in [0.1, 0.15) is 0 Å². The molecule has 1 aliphatic carbocycles. The van der Waals surface area contributed by atoms with Crippen molar-refractivity contribution in [3.05, 3.63) is 18.7 Å². The number of hydrogen-bond donors (Lipinski definition) is 1. The normalized spacial score (nSPS) is 21.2. The van der Waals surface area contributed by atoms with Gasteiger partial charge in [-0.05, 0) is 12.8 Å². The Hall–Kier alpha value is -1.32. The Morgan fingerprint density at radius 3 is 2.77 bits per heavy atom. The Morgan fingerprint density at radius 1 is 1.46 bits per heavy atom. The summed E-state index contributed by atoms with van der Waals surface area (Å²) in [5.41, 5.74) is -0.120. The van der Waals surface area contributed by atoms with Crippen LogP contribution >= 0.6 is 0 Å². The van der Waals surface area contributed by atoms with Crippen molar-refractivity contribution < 1.29 is 5.21 Å². The number of aromatic nitrogens is 2. The average molecular weight is 179 g/mol. The lowest BCUT2D eigenvalue weighted by molar-refractivity contribution is 0.308. The van der Waals surface area contributed by atoms with Crippen molar-refractivity contribution in [2.75, 3.05) is 0 Å². The van der Waals surface area contributed by atoms with Gasteiger partial charge in [0, 0.05) is 12.4 Å². The minimum atomic E-state index is -0.120. The third-order valence-electron chi connectivity index (χ3n) is 2.79. The van der Waals surface area contributed by atoms with Crippen molar-refractivity contribution in [3.63, 3.8) is 0 Å². The number of nitrogens with zero attached hydrogens (tertiary/aromatic N) is 3. The SMILES string of the molecule is ON=CC1(n2ccnc2)CCCC1. The van der Waals surface area contributed by atoms with Crippen LogP contribution in [0.1, 0.15) is 25.7 Å². The first kappa shape index (κ1) is 8.29. The van der Waals surface area contributed by atoms with Crippen LogP contribution in [0.4, 0.5) is 0 Å². The molecule has 0 aliphatic heterocycles. The van der Waals surface area contributed by atoms with Gasteiger partial charge in [0.2, 0.25) is 0 Å². The first-order chi connectivity index (χ1) is 6.37. The lowest BCUT2D eigenvalue weighted by Gasteiger charge is -2.24. The molecule has 0 aromatic carbocycles. The third-order valence-corrected chi connectivity index (χ3v) is 2.79. The molecule has 0 bridgehead atoms. The monoisotopic (exact) mass is 179 g/mol. The van der Waals surface area contributed by atoms with E-state index < -0.39 is 0 Å². The summed E-state index contributed by atoms with van der Waals surface area (Å²) in [5.74, 6) is 0. The zero-order valence-corrected chi connectivity index (χ0v) is 7.43. The lowest BCUT2D eigenvalue weighted by Crippen LogP contribution is -2.30. The van der Waals surface area contributed by atoms with E-state index in [1.54, 1.807) is 18.7 Å². The molecular weight excluding hydrogens is 166 g/mol. The molecular formula is C9H13N3O. The van der Waals surface area contributed by atoms with Crippen LogP contribution in [0, 0.1) is 0 Å². The second-order valence-electron chi connectivity index (χ2n) is 3.53. The van der Waals surface area contributed by atoms with Crippen molar-refractivity contribution in [3.8, 4) is 0 Å². The summed E-state index contributed by atoms with van der Waals surface area (Å²) >= 11 is 0. The van der Waals surface area contributed by atoms with Gasteiger partial charge in [-0.3, -0.25) is 0 Å². The van der Waals surface area contributed by atoms with Gasteiger partial charge in [-0.15, -0.1) is 0 Å². The minimum Gasteiger partial charge on any atom is -0.411 e. The van der Waals surface area contributed by atoms with Crippen LogP contribution in [-0.4, -0.2) is 21.0 Å². The largest absolute Gasteiger partial charge is 0.411 e. The standard InChI is InChI=1S/C9H13N3O/c13-11-7-9(3-1-2-4-9)12-6-5-10-8-12/h5-8,13H,1-4H2. The minimum absolute atomic E-state index is 0.120. The quantitative estimate of drug-likeness (QED) is 0.426. The third kappa shape index (κ3) is 1.32. The fourth-order valence-electron chi connectivity index (χ4n) is 2.07. The molecule has 70 valence electrons. The van der Waals surface area contributed by atoms with E-state index in [4.69, 9.17) is 5.21 Å². The van der Waals surface area contributed by atoms with Gasteiger partial charge in [-0.2, -0.15) is 0 Å². The van der Waals surface area contributed by atoms with Crippen molar-refractivity contribution in [2.24, 2.45) is 5.16 Å². The van der Waals surface area contributed by atoms with E-state index in [1.807, 2.05) is 10.8 Å². The number of hydrogen-bond acceptors (Lipinski definition) is 3. The van der Waals surface area contributed by atoms with E-state index in [0.29, 0.717) is 0 Å². The smallest absolute Gasteiger partial charge is 0.0954 e. The summed E-state index contributed by atoms with van der Waals surface area (Å²) in [7, 11) is 0. The summed E-state index contributed by atoms with van der Waals surface area (Å²) in [6.45, 7) is 0. The van der Waals surface area contributed by atoms with Crippen LogP contribution < -0.4 is 0 Å². The molecule has 1 aromatic heterocycles. The van der Waals surface area contributed by atoms with Crippen molar-refractivity contribution >= 4 is 6.21 Å². The highest BCUT2D eigenvalue weighted by Crippen LogP contribution is 2.34. The molecule has 0 atom stereocenters. The molecule has 2 rings (SSSR count). The second kappa shape index (κ2) is 3.20. The Kier molecular flexibility index (Phi) is 2.04. The molecule has 1 N–H and O–H groups in total. The Labute approximate surface area is 76.9 Å². The topological polar surface area (TPSA) is 50.4 Å². The summed E-state index contributed by atoms with van der Waals surface area (Å²) in [4.78, 5) is 4.01. The predicted molar refractivity (Wildman–Crippen MR) is 48.9 cm³/mol. The number of imidazole rings is 1. The maximum Gasteiger partial charge on any atom is 0.0954 e. The van der Waals surface area contributed by atoms with Crippen molar-refractivity contribution in [1.82, 2.24) is 9.55 Å². The van der Waals surface area contributed by atoms with E-state index in [-0.39, 0.29) is 5.54 Å². The molecule has 13 heavy (non-hydrogen) atoms. The van der Waals surface area contributed by atoms with Gasteiger partial charge in [0.15, 0.2) is 0 Å². The summed E-state index contributed by atoms with van der Waals surface area (Å²) in [6, 6.07) is 0. The number of rotatable bonds is 2. The second-order valence-corrected chi connectivity index (χ2v) is 3.53. The average Bonchev–Trinajstić information content (AvgIpc) is 2.73. The van der Waals surface area contributed by atoms with E-state index in [0.717, 1.165) is 12.8 Å². The fraction of sp³-hybridized carbons (Fsp3) is 0.556. The van der Waals surface area contributed by atoms with Crippen LogP contribution in [0.2, 0.25) is 0 Å². The van der Waals surface area contributed by atoms with E-state index >= 15 is 0 Å². The van der Waals surface area contributed by atoms with Gasteiger partial charge < -0.3 is 9.77 Å². The molecule has 0 unspecified atom stereocenters. The molecule has 1 aromatic rings. The fourth-order valence-corrected chi connectivity index (χ4v) is 2.07. The molecule has 1 aliphatic rings. The highest BCUT2D eigenvalue weighted by Gasteiger charge is 2.33. The Bertz CT molecular complexity index is 286. The van der Waals surface area contributed by atoms with Crippen molar-refractivity contribution in [2.45, 2.75) is 31.2 Å². The van der Waals surface area contributed by atoms with Gasteiger partial charge in [-0.25, -0.2) is 4.98 Å². The van der Waals surface area contributed by atoms with Crippen LogP contribution in [0.15, 0.2) is 23.9 Å². The highest BCUT2D eigenvalue weighted by molar-refractivity contribution is 5.67. The molecule has 0 radical (unpaired) electrons. The zero-order valence-electron chi connectivity index (χ0n) is 7.43. The molecule has 0 saturated heterocycles. The molecule has 4 nitrogen and oxygen atoms in total. The van der Waals surface area contributed by atoms with Gasteiger partial charge in [0.25, 0.3) is 0 Å². The molecule has 1 heterocycles. The van der Waals surface area contributed by atoms with Gasteiger partial charge >= 0.3 is 0 Å². The molecule has 0 amide bonds.